The summed E-state index contributed by atoms with van der Waals surface area (Å²) >= 11 is 6.00. The number of anilines is 1. The number of amides is 1. The fraction of sp³-hybridized carbons (Fsp3) is 0.609. The Bertz CT molecular complexity index is 834. The van der Waals surface area contributed by atoms with E-state index in [9.17, 15) is 4.79 Å². The summed E-state index contributed by atoms with van der Waals surface area (Å²) in [5.74, 6) is 1.25. The standard InChI is InChI=1S/C23H33ClN4O2/c1-15(2)20(25-22-27-26-19(30-22)14-23(3,4)5)21(29)28-12-10-17(11-13-28)16-6-8-18(24)9-7-16/h6-9,15,17,20H,10-14H2,1-5H3,(H,25,27). The van der Waals surface area contributed by atoms with Crippen LogP contribution in [0.1, 0.15) is 64.8 Å². The molecule has 0 bridgehead atoms. The molecule has 1 aromatic heterocycles. The molecule has 6 nitrogen and oxygen atoms in total. The van der Waals surface area contributed by atoms with Crippen molar-refractivity contribution in [1.29, 1.82) is 0 Å². The highest BCUT2D eigenvalue weighted by atomic mass is 35.5. The van der Waals surface area contributed by atoms with Gasteiger partial charge in [-0.1, -0.05) is 63.5 Å². The smallest absolute Gasteiger partial charge is 0.316 e. The molecule has 3 rings (SSSR count). The summed E-state index contributed by atoms with van der Waals surface area (Å²) in [4.78, 5) is 15.2. The van der Waals surface area contributed by atoms with Crippen LogP contribution in [0.5, 0.6) is 0 Å². The molecular formula is C23H33ClN4O2. The first kappa shape index (κ1) is 22.6. The van der Waals surface area contributed by atoms with Crippen molar-refractivity contribution in [2.75, 3.05) is 18.4 Å². The van der Waals surface area contributed by atoms with Gasteiger partial charge in [0.15, 0.2) is 0 Å². The van der Waals surface area contributed by atoms with Crippen molar-refractivity contribution in [2.45, 2.75) is 65.8 Å². The summed E-state index contributed by atoms with van der Waals surface area (Å²) in [6.07, 6.45) is 2.60. The van der Waals surface area contributed by atoms with Crippen LogP contribution in [0, 0.1) is 11.3 Å². The molecule has 0 spiro atoms. The molecule has 1 aliphatic rings. The average Bonchev–Trinajstić information content (AvgIpc) is 3.11. The second-order valence-electron chi connectivity index (χ2n) is 9.76. The SMILES string of the molecule is CC(C)C(Nc1nnc(CC(C)(C)C)o1)C(=O)N1CCC(c2ccc(Cl)cc2)CC1. The summed E-state index contributed by atoms with van der Waals surface area (Å²) in [7, 11) is 0. The van der Waals surface area contributed by atoms with E-state index < -0.39 is 0 Å². The van der Waals surface area contributed by atoms with Gasteiger partial charge in [-0.05, 0) is 47.8 Å². The minimum atomic E-state index is -0.389. The molecule has 0 aliphatic carbocycles. The maximum atomic E-state index is 13.2. The molecule has 1 atom stereocenters. The van der Waals surface area contributed by atoms with Crippen LogP contribution >= 0.6 is 11.6 Å². The monoisotopic (exact) mass is 432 g/mol. The topological polar surface area (TPSA) is 71.3 Å². The number of nitrogens with one attached hydrogen (secondary N) is 1. The second kappa shape index (κ2) is 9.38. The van der Waals surface area contributed by atoms with E-state index in [-0.39, 0.29) is 23.3 Å². The third-order valence-corrected chi connectivity index (χ3v) is 5.76. The highest BCUT2D eigenvalue weighted by Gasteiger charge is 2.31. The predicted octanol–water partition coefficient (Wildman–Crippen LogP) is 5.15. The number of aromatic nitrogens is 2. The van der Waals surface area contributed by atoms with Crippen LogP contribution in [-0.2, 0) is 11.2 Å². The zero-order chi connectivity index (χ0) is 21.9. The number of nitrogens with zero attached hydrogens (tertiary/aromatic N) is 3. The quantitative estimate of drug-likeness (QED) is 0.683. The van der Waals surface area contributed by atoms with E-state index >= 15 is 0 Å². The largest absolute Gasteiger partial charge is 0.408 e. The highest BCUT2D eigenvalue weighted by Crippen LogP contribution is 2.30. The number of hydrogen-bond donors (Lipinski definition) is 1. The Hall–Kier alpha value is -2.08. The molecule has 7 heteroatoms. The van der Waals surface area contributed by atoms with Gasteiger partial charge in [-0.2, -0.15) is 0 Å². The number of benzene rings is 1. The molecule has 30 heavy (non-hydrogen) atoms. The summed E-state index contributed by atoms with van der Waals surface area (Å²) in [5.41, 5.74) is 1.35. The Morgan fingerprint density at radius 1 is 1.20 bits per heavy atom. The van der Waals surface area contributed by atoms with E-state index in [1.165, 1.54) is 5.56 Å². The first-order valence-corrected chi connectivity index (χ1v) is 11.1. The van der Waals surface area contributed by atoms with Crippen molar-refractivity contribution in [3.8, 4) is 0 Å². The van der Waals surface area contributed by atoms with Gasteiger partial charge < -0.3 is 14.6 Å². The molecule has 1 aromatic carbocycles. The van der Waals surface area contributed by atoms with Gasteiger partial charge in [0.2, 0.25) is 11.8 Å². The van der Waals surface area contributed by atoms with E-state index in [0.717, 1.165) is 31.0 Å². The van der Waals surface area contributed by atoms with Crippen molar-refractivity contribution >= 4 is 23.5 Å². The summed E-state index contributed by atoms with van der Waals surface area (Å²) in [6, 6.07) is 7.98. The first-order valence-electron chi connectivity index (χ1n) is 10.8. The molecule has 1 aliphatic heterocycles. The lowest BCUT2D eigenvalue weighted by molar-refractivity contribution is -0.134. The number of hydrogen-bond acceptors (Lipinski definition) is 5. The summed E-state index contributed by atoms with van der Waals surface area (Å²) < 4.78 is 5.75. The van der Waals surface area contributed by atoms with E-state index in [1.54, 1.807) is 0 Å². The average molecular weight is 433 g/mol. The molecule has 2 aromatic rings. The third kappa shape index (κ3) is 5.97. The molecule has 0 radical (unpaired) electrons. The molecule has 1 N–H and O–H groups in total. The van der Waals surface area contributed by atoms with Crippen molar-refractivity contribution < 1.29 is 9.21 Å². The fourth-order valence-electron chi connectivity index (χ4n) is 3.85. The van der Waals surface area contributed by atoms with Crippen molar-refractivity contribution in [2.24, 2.45) is 11.3 Å². The molecule has 1 unspecified atom stereocenters. The van der Waals surface area contributed by atoms with Crippen LogP contribution in [0.3, 0.4) is 0 Å². The normalized spacial score (nSPS) is 16.7. The van der Waals surface area contributed by atoms with Crippen molar-refractivity contribution in [3.63, 3.8) is 0 Å². The predicted molar refractivity (Wildman–Crippen MR) is 120 cm³/mol. The number of likely N-dealkylation sites (tertiary alicyclic amines) is 1. The van der Waals surface area contributed by atoms with Gasteiger partial charge in [0, 0.05) is 24.5 Å². The van der Waals surface area contributed by atoms with Crippen molar-refractivity contribution in [1.82, 2.24) is 15.1 Å². The fourth-order valence-corrected chi connectivity index (χ4v) is 3.97. The number of piperidine rings is 1. The minimum absolute atomic E-state index is 0.0610. The highest BCUT2D eigenvalue weighted by molar-refractivity contribution is 6.30. The Balaban J connectivity index is 1.60. The number of carbonyl (C=O) groups excluding carboxylic acids is 1. The number of carbonyl (C=O) groups is 1. The summed E-state index contributed by atoms with van der Waals surface area (Å²) in [6.45, 7) is 11.9. The Kier molecular flexibility index (Phi) is 7.06. The van der Waals surface area contributed by atoms with Crippen LogP contribution in [0.2, 0.25) is 5.02 Å². The van der Waals surface area contributed by atoms with Crippen LogP contribution in [0.25, 0.3) is 0 Å². The Morgan fingerprint density at radius 2 is 1.83 bits per heavy atom. The maximum Gasteiger partial charge on any atom is 0.316 e. The van der Waals surface area contributed by atoms with Gasteiger partial charge in [0.05, 0.1) is 0 Å². The zero-order valence-corrected chi connectivity index (χ0v) is 19.4. The van der Waals surface area contributed by atoms with Crippen LogP contribution in [0.4, 0.5) is 6.01 Å². The molecule has 0 saturated carbocycles. The Labute approximate surface area is 184 Å². The van der Waals surface area contributed by atoms with E-state index in [1.807, 2.05) is 30.9 Å². The van der Waals surface area contributed by atoms with E-state index in [2.05, 4.69) is 48.4 Å². The second-order valence-corrected chi connectivity index (χ2v) is 10.2. The van der Waals surface area contributed by atoms with E-state index in [0.29, 0.717) is 24.2 Å². The Morgan fingerprint density at radius 3 is 2.40 bits per heavy atom. The maximum absolute atomic E-state index is 13.2. The van der Waals surface area contributed by atoms with Gasteiger partial charge in [-0.25, -0.2) is 0 Å². The van der Waals surface area contributed by atoms with Gasteiger partial charge in [0.25, 0.3) is 0 Å². The van der Waals surface area contributed by atoms with Gasteiger partial charge in [0.1, 0.15) is 6.04 Å². The molecule has 1 fully saturated rings. The van der Waals surface area contributed by atoms with Crippen LogP contribution in [-0.4, -0.2) is 40.1 Å². The summed E-state index contributed by atoms with van der Waals surface area (Å²) in [5, 5.41) is 12.2. The lowest BCUT2D eigenvalue weighted by Crippen LogP contribution is -2.48. The van der Waals surface area contributed by atoms with Crippen LogP contribution in [0.15, 0.2) is 28.7 Å². The minimum Gasteiger partial charge on any atom is -0.408 e. The molecule has 2 heterocycles. The molecule has 1 amide bonds. The van der Waals surface area contributed by atoms with Gasteiger partial charge in [-0.15, -0.1) is 5.10 Å². The molecule has 1 saturated heterocycles. The van der Waals surface area contributed by atoms with Gasteiger partial charge >= 0.3 is 6.01 Å². The number of halogens is 1. The van der Waals surface area contributed by atoms with E-state index in [4.69, 9.17) is 16.0 Å². The van der Waals surface area contributed by atoms with Crippen LogP contribution < -0.4 is 5.32 Å². The van der Waals surface area contributed by atoms with Gasteiger partial charge in [-0.3, -0.25) is 4.79 Å². The lowest BCUT2D eigenvalue weighted by atomic mass is 9.89. The number of rotatable bonds is 6. The zero-order valence-electron chi connectivity index (χ0n) is 18.6. The third-order valence-electron chi connectivity index (χ3n) is 5.51. The lowest BCUT2D eigenvalue weighted by Gasteiger charge is -2.35. The molecule has 164 valence electrons. The molecular weight excluding hydrogens is 400 g/mol. The first-order chi connectivity index (χ1) is 14.1. The van der Waals surface area contributed by atoms with Crippen molar-refractivity contribution in [3.05, 3.63) is 40.7 Å².